The predicted octanol–water partition coefficient (Wildman–Crippen LogP) is 4.45. The van der Waals surface area contributed by atoms with Crippen LogP contribution in [0.4, 0.5) is 10.8 Å². The molecular formula is C22H20ClN3O4S. The Bertz CT molecular complexity index is 1180. The van der Waals surface area contributed by atoms with Gasteiger partial charge in [-0.3, -0.25) is 14.9 Å². The Labute approximate surface area is 188 Å². The highest BCUT2D eigenvalue weighted by Gasteiger charge is 2.23. The summed E-state index contributed by atoms with van der Waals surface area (Å²) in [4.78, 5) is 31.3. The number of likely N-dealkylation sites (N-methyl/N-ethyl adjacent to an activating group) is 1. The summed E-state index contributed by atoms with van der Waals surface area (Å²) in [6.07, 6.45) is 0. The van der Waals surface area contributed by atoms with E-state index in [1.807, 2.05) is 32.0 Å². The van der Waals surface area contributed by atoms with E-state index in [-0.39, 0.29) is 25.0 Å². The van der Waals surface area contributed by atoms with Crippen LogP contribution in [0.25, 0.3) is 11.3 Å². The Morgan fingerprint density at radius 1 is 1.29 bits per heavy atom. The van der Waals surface area contributed by atoms with Gasteiger partial charge in [0.05, 0.1) is 11.4 Å². The highest BCUT2D eigenvalue weighted by atomic mass is 35.5. The number of thiazole rings is 1. The number of hydrogen-bond donors (Lipinski definition) is 1. The molecule has 0 aliphatic carbocycles. The van der Waals surface area contributed by atoms with E-state index in [4.69, 9.17) is 21.1 Å². The van der Waals surface area contributed by atoms with Crippen LogP contribution in [0, 0.1) is 13.8 Å². The summed E-state index contributed by atoms with van der Waals surface area (Å²) in [5.41, 5.74) is 3.15. The molecular weight excluding hydrogens is 438 g/mol. The average molecular weight is 458 g/mol. The van der Waals surface area contributed by atoms with Crippen molar-refractivity contribution in [3.63, 3.8) is 0 Å². The molecule has 3 aromatic rings. The van der Waals surface area contributed by atoms with Gasteiger partial charge in [0.2, 0.25) is 0 Å². The van der Waals surface area contributed by atoms with E-state index in [0.717, 1.165) is 21.7 Å². The van der Waals surface area contributed by atoms with Crippen LogP contribution in [0.15, 0.2) is 36.4 Å². The zero-order valence-electron chi connectivity index (χ0n) is 17.2. The lowest BCUT2D eigenvalue weighted by Gasteiger charge is -2.26. The molecule has 0 radical (unpaired) electrons. The Morgan fingerprint density at radius 2 is 2.10 bits per heavy atom. The molecule has 31 heavy (non-hydrogen) atoms. The minimum Gasteiger partial charge on any atom is -0.484 e. The number of nitrogens with one attached hydrogen (secondary N) is 1. The van der Waals surface area contributed by atoms with Gasteiger partial charge < -0.3 is 14.4 Å². The van der Waals surface area contributed by atoms with Gasteiger partial charge in [-0.25, -0.2) is 4.98 Å². The number of nitrogens with zero attached hydrogens (tertiary/aromatic N) is 2. The first kappa shape index (κ1) is 21.1. The zero-order chi connectivity index (χ0) is 22.1. The Balaban J connectivity index is 1.46. The smallest absolute Gasteiger partial charge is 0.264 e. The molecule has 1 N–H and O–H groups in total. The standard InChI is InChI=1S/C22H20ClN3O4S/c1-12-8-15(5-6-16(12)23)29-10-19(27)24-22-25-21(13(2)31-22)14-4-7-18-17(9-14)26(3)20(28)11-30-18/h4-9H,10-11H2,1-3H3,(H,24,25,27). The number of carbonyl (C=O) groups is 2. The van der Waals surface area contributed by atoms with Crippen molar-refractivity contribution in [2.24, 2.45) is 0 Å². The number of anilines is 2. The first-order chi connectivity index (χ1) is 14.8. The molecule has 2 amide bonds. The molecule has 0 saturated heterocycles. The molecule has 2 aromatic carbocycles. The zero-order valence-corrected chi connectivity index (χ0v) is 18.8. The second kappa shape index (κ2) is 8.56. The van der Waals surface area contributed by atoms with Crippen LogP contribution in [-0.2, 0) is 9.59 Å². The van der Waals surface area contributed by atoms with Crippen molar-refractivity contribution in [1.29, 1.82) is 0 Å². The molecule has 0 spiro atoms. The third kappa shape index (κ3) is 4.50. The SMILES string of the molecule is Cc1cc(OCC(=O)Nc2nc(-c3ccc4c(c3)N(C)C(=O)CO4)c(C)s2)ccc1Cl. The number of hydrogen-bond acceptors (Lipinski definition) is 6. The van der Waals surface area contributed by atoms with E-state index in [1.165, 1.54) is 11.3 Å². The van der Waals surface area contributed by atoms with Crippen LogP contribution in [0.1, 0.15) is 10.4 Å². The lowest BCUT2D eigenvalue weighted by Crippen LogP contribution is -2.35. The molecule has 7 nitrogen and oxygen atoms in total. The normalized spacial score (nSPS) is 12.9. The van der Waals surface area contributed by atoms with Gasteiger partial charge in [0.25, 0.3) is 11.8 Å². The molecule has 9 heteroatoms. The van der Waals surface area contributed by atoms with Crippen molar-refractivity contribution in [3.05, 3.63) is 51.9 Å². The van der Waals surface area contributed by atoms with Crippen LogP contribution < -0.4 is 19.7 Å². The maximum atomic E-state index is 12.3. The number of halogens is 1. The first-order valence-corrected chi connectivity index (χ1v) is 10.7. The first-order valence-electron chi connectivity index (χ1n) is 9.52. The van der Waals surface area contributed by atoms with E-state index >= 15 is 0 Å². The maximum absolute atomic E-state index is 12.3. The van der Waals surface area contributed by atoms with E-state index in [1.54, 1.807) is 30.1 Å². The predicted molar refractivity (Wildman–Crippen MR) is 122 cm³/mol. The topological polar surface area (TPSA) is 80.8 Å². The van der Waals surface area contributed by atoms with E-state index < -0.39 is 0 Å². The molecule has 0 saturated carbocycles. The van der Waals surface area contributed by atoms with Gasteiger partial charge in [-0.1, -0.05) is 11.6 Å². The van der Waals surface area contributed by atoms with Gasteiger partial charge in [-0.15, -0.1) is 11.3 Å². The van der Waals surface area contributed by atoms with Crippen molar-refractivity contribution < 1.29 is 19.1 Å². The summed E-state index contributed by atoms with van der Waals surface area (Å²) in [6, 6.07) is 10.8. The second-order valence-corrected chi connectivity index (χ2v) is 8.71. The third-order valence-corrected chi connectivity index (χ3v) is 6.17. The Hall–Kier alpha value is -3.10. The fourth-order valence-electron chi connectivity index (χ4n) is 3.15. The maximum Gasteiger partial charge on any atom is 0.264 e. The summed E-state index contributed by atoms with van der Waals surface area (Å²) in [6.45, 7) is 3.70. The average Bonchev–Trinajstić information content (AvgIpc) is 3.11. The molecule has 2 heterocycles. The van der Waals surface area contributed by atoms with Crippen LogP contribution in [-0.4, -0.2) is 37.1 Å². The molecule has 0 unspecified atom stereocenters. The van der Waals surface area contributed by atoms with Gasteiger partial charge in [0, 0.05) is 22.5 Å². The fourth-order valence-corrected chi connectivity index (χ4v) is 4.12. The van der Waals surface area contributed by atoms with Crippen molar-refractivity contribution in [2.75, 3.05) is 30.5 Å². The highest BCUT2D eigenvalue weighted by Crippen LogP contribution is 2.37. The Kier molecular flexibility index (Phi) is 5.84. The van der Waals surface area contributed by atoms with E-state index in [2.05, 4.69) is 10.3 Å². The van der Waals surface area contributed by atoms with Crippen molar-refractivity contribution in [3.8, 4) is 22.8 Å². The lowest BCUT2D eigenvalue weighted by atomic mass is 10.1. The molecule has 1 aromatic heterocycles. The van der Waals surface area contributed by atoms with Gasteiger partial charge in [0.15, 0.2) is 18.3 Å². The van der Waals surface area contributed by atoms with Crippen LogP contribution in [0.2, 0.25) is 5.02 Å². The van der Waals surface area contributed by atoms with E-state index in [0.29, 0.717) is 27.3 Å². The second-order valence-electron chi connectivity index (χ2n) is 7.10. The van der Waals surface area contributed by atoms with Crippen LogP contribution in [0.3, 0.4) is 0 Å². The van der Waals surface area contributed by atoms with Gasteiger partial charge in [-0.05, 0) is 55.8 Å². The molecule has 4 rings (SSSR count). The highest BCUT2D eigenvalue weighted by molar-refractivity contribution is 7.16. The molecule has 1 aliphatic heterocycles. The van der Waals surface area contributed by atoms with Crippen LogP contribution in [0.5, 0.6) is 11.5 Å². The summed E-state index contributed by atoms with van der Waals surface area (Å²) < 4.78 is 11.0. The van der Waals surface area contributed by atoms with Crippen molar-refractivity contribution in [1.82, 2.24) is 4.98 Å². The van der Waals surface area contributed by atoms with E-state index in [9.17, 15) is 9.59 Å². The van der Waals surface area contributed by atoms with Crippen molar-refractivity contribution in [2.45, 2.75) is 13.8 Å². The summed E-state index contributed by atoms with van der Waals surface area (Å²) >= 11 is 7.38. The monoisotopic (exact) mass is 457 g/mol. The number of ether oxygens (including phenoxy) is 2. The molecule has 160 valence electrons. The number of aryl methyl sites for hydroxylation is 2. The minimum absolute atomic E-state index is 0.0341. The number of carbonyl (C=O) groups excluding carboxylic acids is 2. The summed E-state index contributed by atoms with van der Waals surface area (Å²) in [5, 5.41) is 3.90. The van der Waals surface area contributed by atoms with Crippen molar-refractivity contribution >= 4 is 45.6 Å². The quantitative estimate of drug-likeness (QED) is 0.612. The number of benzene rings is 2. The Morgan fingerprint density at radius 3 is 2.87 bits per heavy atom. The molecule has 1 aliphatic rings. The third-order valence-electron chi connectivity index (χ3n) is 4.86. The largest absolute Gasteiger partial charge is 0.484 e. The van der Waals surface area contributed by atoms with Gasteiger partial charge in [-0.2, -0.15) is 0 Å². The molecule has 0 fully saturated rings. The molecule has 0 bridgehead atoms. The minimum atomic E-state index is -0.308. The number of rotatable bonds is 5. The molecule has 0 atom stereocenters. The number of aromatic nitrogens is 1. The van der Waals surface area contributed by atoms with Crippen LogP contribution >= 0.6 is 22.9 Å². The summed E-state index contributed by atoms with van der Waals surface area (Å²) in [5.74, 6) is 0.811. The number of fused-ring (bicyclic) bond motifs is 1. The number of amides is 2. The fraction of sp³-hybridized carbons (Fsp3) is 0.227. The van der Waals surface area contributed by atoms with Gasteiger partial charge >= 0.3 is 0 Å². The van der Waals surface area contributed by atoms with Gasteiger partial charge in [0.1, 0.15) is 11.5 Å². The summed E-state index contributed by atoms with van der Waals surface area (Å²) in [7, 11) is 1.72. The lowest BCUT2D eigenvalue weighted by molar-refractivity contribution is -0.121.